The fourth-order valence-electron chi connectivity index (χ4n) is 3.85. The average molecular weight is 401 g/mol. The minimum Gasteiger partial charge on any atom is -0.349 e. The highest BCUT2D eigenvalue weighted by molar-refractivity contribution is 5.87. The summed E-state index contributed by atoms with van der Waals surface area (Å²) in [6.07, 6.45) is 14.5. The molecule has 0 spiro atoms. The summed E-state index contributed by atoms with van der Waals surface area (Å²) in [7, 11) is 4.02. The minimum atomic E-state index is 0.340. The Bertz CT molecular complexity index is 1030. The predicted octanol–water partition coefficient (Wildman–Crippen LogP) is 6.07. The number of hydrogen-bond acceptors (Lipinski definition) is 3. The van der Waals surface area contributed by atoms with Gasteiger partial charge in [-0.05, 0) is 43.4 Å². The van der Waals surface area contributed by atoms with Crippen molar-refractivity contribution in [3.05, 3.63) is 95.1 Å². The van der Waals surface area contributed by atoms with Crippen LogP contribution in [0, 0.1) is 0 Å². The highest BCUT2D eigenvalue weighted by Gasteiger charge is 2.19. The van der Waals surface area contributed by atoms with Crippen molar-refractivity contribution < 1.29 is 0 Å². The summed E-state index contributed by atoms with van der Waals surface area (Å²) in [6, 6.07) is 8.54. The smallest absolute Gasteiger partial charge is 0.0691 e. The van der Waals surface area contributed by atoms with Crippen molar-refractivity contribution >= 4 is 11.9 Å². The van der Waals surface area contributed by atoms with Gasteiger partial charge >= 0.3 is 0 Å². The summed E-state index contributed by atoms with van der Waals surface area (Å²) in [5, 5.41) is 4.26. The van der Waals surface area contributed by atoms with Crippen molar-refractivity contribution in [2.24, 2.45) is 12.0 Å². The van der Waals surface area contributed by atoms with Crippen LogP contribution in [0.4, 0.5) is 0 Å². The molecule has 1 heterocycles. The van der Waals surface area contributed by atoms with Crippen LogP contribution in [0.3, 0.4) is 0 Å². The summed E-state index contributed by atoms with van der Waals surface area (Å²) < 4.78 is 1.80. The number of rotatable bonds is 7. The average Bonchev–Trinajstić information content (AvgIpc) is 3.19. The molecule has 0 N–H and O–H groups in total. The molecule has 1 aromatic carbocycles. The van der Waals surface area contributed by atoms with Crippen LogP contribution in [0.15, 0.2) is 83.4 Å². The molecule has 0 amide bonds. The second-order valence-corrected chi connectivity index (χ2v) is 7.72. The van der Waals surface area contributed by atoms with Gasteiger partial charge in [0.2, 0.25) is 0 Å². The zero-order valence-corrected chi connectivity index (χ0v) is 18.8. The topological polar surface area (TPSA) is 33.4 Å². The van der Waals surface area contributed by atoms with Crippen LogP contribution < -0.4 is 0 Å². The lowest BCUT2D eigenvalue weighted by molar-refractivity contribution is 0.503. The van der Waals surface area contributed by atoms with Crippen LogP contribution in [-0.2, 0) is 7.05 Å². The summed E-state index contributed by atoms with van der Waals surface area (Å²) in [6.45, 7) is 10.5. The second-order valence-electron chi connectivity index (χ2n) is 7.72. The number of likely N-dealkylation sites (N-methyl/N-ethyl adjacent to an activating group) is 1. The first kappa shape index (κ1) is 21.6. The molecule has 0 fully saturated rings. The van der Waals surface area contributed by atoms with E-state index in [4.69, 9.17) is 4.99 Å². The number of benzene rings is 1. The van der Waals surface area contributed by atoms with Gasteiger partial charge in [0.25, 0.3) is 0 Å². The summed E-state index contributed by atoms with van der Waals surface area (Å²) in [5.74, 6) is 0.340. The molecule has 1 unspecified atom stereocenters. The van der Waals surface area contributed by atoms with Gasteiger partial charge in [-0.1, -0.05) is 56.0 Å². The Morgan fingerprint density at radius 3 is 2.77 bits per heavy atom. The first-order valence-corrected chi connectivity index (χ1v) is 10.5. The summed E-state index contributed by atoms with van der Waals surface area (Å²) in [5.41, 5.74) is 8.09. The van der Waals surface area contributed by atoms with E-state index in [2.05, 4.69) is 73.9 Å². The van der Waals surface area contributed by atoms with Gasteiger partial charge in [0.15, 0.2) is 0 Å². The Balaban J connectivity index is 1.84. The van der Waals surface area contributed by atoms with E-state index in [1.165, 1.54) is 16.8 Å². The van der Waals surface area contributed by atoms with Crippen LogP contribution in [0.5, 0.6) is 0 Å². The van der Waals surface area contributed by atoms with Crippen LogP contribution >= 0.6 is 0 Å². The van der Waals surface area contributed by atoms with E-state index in [9.17, 15) is 0 Å². The minimum absolute atomic E-state index is 0.340. The van der Waals surface area contributed by atoms with E-state index in [1.807, 2.05) is 38.7 Å². The number of aryl methyl sites for hydroxylation is 1. The monoisotopic (exact) mass is 400 g/mol. The predicted molar refractivity (Wildman–Crippen MR) is 127 cm³/mol. The van der Waals surface area contributed by atoms with Crippen LogP contribution in [-0.4, -0.2) is 27.9 Å². The Labute approximate surface area is 180 Å². The first-order valence-electron chi connectivity index (χ1n) is 10.5. The molecular formula is C26H32N4. The maximum absolute atomic E-state index is 4.77. The molecule has 0 radical (unpaired) electrons. The third kappa shape index (κ3) is 4.70. The van der Waals surface area contributed by atoms with Crippen molar-refractivity contribution in [2.45, 2.75) is 39.5 Å². The Kier molecular flexibility index (Phi) is 6.88. The standard InChI is InChI=1S/C26H32N4/c1-7-20(4)30(6)26-14-13-21(15-19(26)3)24-12-10-9-11-22(24)16-27-25(8-2)23-17-28-29(5)18-23/h8-12,14-18,21H,4,7,13H2,1-3,5-6H3/b25-8-,27-16-. The zero-order valence-electron chi connectivity index (χ0n) is 18.8. The highest BCUT2D eigenvalue weighted by Crippen LogP contribution is 2.34. The SMILES string of the molecule is C=C(CC)N(C)C1=CCC(c2ccccc2/C=N\C(=C/C)c2cnn(C)c2)C=C1C. The van der Waals surface area contributed by atoms with E-state index in [1.54, 1.807) is 4.68 Å². The lowest BCUT2D eigenvalue weighted by Crippen LogP contribution is -2.19. The third-order valence-electron chi connectivity index (χ3n) is 5.68. The molecule has 1 atom stereocenters. The van der Waals surface area contributed by atoms with Crippen molar-refractivity contribution in [1.29, 1.82) is 0 Å². The van der Waals surface area contributed by atoms with Gasteiger partial charge in [-0.2, -0.15) is 5.10 Å². The normalized spacial score (nSPS) is 17.1. The molecule has 1 aromatic heterocycles. The first-order chi connectivity index (χ1) is 14.4. The number of hydrogen-bond donors (Lipinski definition) is 0. The van der Waals surface area contributed by atoms with E-state index >= 15 is 0 Å². The van der Waals surface area contributed by atoms with Crippen molar-refractivity contribution in [2.75, 3.05) is 7.05 Å². The van der Waals surface area contributed by atoms with E-state index in [0.717, 1.165) is 35.4 Å². The Morgan fingerprint density at radius 2 is 2.13 bits per heavy atom. The number of allylic oxidation sites excluding steroid dienone is 5. The number of aliphatic imine (C=N–C) groups is 1. The Hall–Kier alpha value is -3.14. The molecule has 2 aromatic rings. The lowest BCUT2D eigenvalue weighted by atomic mass is 9.86. The molecule has 1 aliphatic carbocycles. The molecule has 0 saturated heterocycles. The molecule has 0 saturated carbocycles. The molecule has 156 valence electrons. The maximum Gasteiger partial charge on any atom is 0.0691 e. The van der Waals surface area contributed by atoms with Crippen molar-refractivity contribution in [3.8, 4) is 0 Å². The maximum atomic E-state index is 4.77. The quantitative estimate of drug-likeness (QED) is 0.528. The van der Waals surface area contributed by atoms with Crippen molar-refractivity contribution in [3.63, 3.8) is 0 Å². The van der Waals surface area contributed by atoms with Crippen molar-refractivity contribution in [1.82, 2.24) is 14.7 Å². The van der Waals surface area contributed by atoms with Gasteiger partial charge in [-0.25, -0.2) is 0 Å². The molecule has 0 aliphatic heterocycles. The van der Waals surface area contributed by atoms with Gasteiger partial charge in [-0.3, -0.25) is 9.67 Å². The fourth-order valence-corrected chi connectivity index (χ4v) is 3.85. The van der Waals surface area contributed by atoms with Gasteiger partial charge in [0.05, 0.1) is 11.9 Å². The molecular weight excluding hydrogens is 368 g/mol. The molecule has 1 aliphatic rings. The lowest BCUT2D eigenvalue weighted by Gasteiger charge is -2.29. The Morgan fingerprint density at radius 1 is 1.37 bits per heavy atom. The van der Waals surface area contributed by atoms with Crippen LogP contribution in [0.1, 0.15) is 56.2 Å². The highest BCUT2D eigenvalue weighted by atomic mass is 15.2. The number of nitrogens with zero attached hydrogens (tertiary/aromatic N) is 4. The van der Waals surface area contributed by atoms with Gasteiger partial charge in [-0.15, -0.1) is 0 Å². The van der Waals surface area contributed by atoms with E-state index < -0.39 is 0 Å². The van der Waals surface area contributed by atoms with E-state index in [-0.39, 0.29) is 0 Å². The largest absolute Gasteiger partial charge is 0.349 e. The molecule has 30 heavy (non-hydrogen) atoms. The van der Waals surface area contributed by atoms with Gasteiger partial charge in [0.1, 0.15) is 0 Å². The molecule has 0 bridgehead atoms. The zero-order chi connectivity index (χ0) is 21.7. The fraction of sp³-hybridized carbons (Fsp3) is 0.308. The van der Waals surface area contributed by atoms with E-state index in [0.29, 0.717) is 5.92 Å². The van der Waals surface area contributed by atoms with Crippen LogP contribution in [0.25, 0.3) is 5.70 Å². The molecule has 3 rings (SSSR count). The van der Waals surface area contributed by atoms with Gasteiger partial charge < -0.3 is 4.90 Å². The van der Waals surface area contributed by atoms with Crippen LogP contribution in [0.2, 0.25) is 0 Å². The van der Waals surface area contributed by atoms with Gasteiger partial charge in [0, 0.05) is 49.4 Å². The second kappa shape index (κ2) is 9.57. The summed E-state index contributed by atoms with van der Waals surface area (Å²) in [4.78, 5) is 6.98. The molecule has 4 heteroatoms. The third-order valence-corrected chi connectivity index (χ3v) is 5.68. The molecule has 4 nitrogen and oxygen atoms in total. The number of aromatic nitrogens is 2. The summed E-state index contributed by atoms with van der Waals surface area (Å²) >= 11 is 0.